The maximum Gasteiger partial charge on any atom is 0.417 e. The first-order valence-electron chi connectivity index (χ1n) is 12.0. The molecule has 0 amide bonds. The predicted octanol–water partition coefficient (Wildman–Crippen LogP) is 6.43. The molecule has 0 aliphatic rings. The van der Waals surface area contributed by atoms with Crippen molar-refractivity contribution in [2.24, 2.45) is 0 Å². The van der Waals surface area contributed by atoms with Crippen LogP contribution in [0, 0.1) is 0 Å². The molecule has 39 heavy (non-hydrogen) atoms. The van der Waals surface area contributed by atoms with Gasteiger partial charge in [-0.15, -0.1) is 0 Å². The van der Waals surface area contributed by atoms with Crippen LogP contribution in [0.2, 0.25) is 0 Å². The molecule has 204 valence electrons. The molecule has 0 fully saturated rings. The molecular weight excluding hydrogens is 517 g/mol. The van der Waals surface area contributed by atoms with Crippen LogP contribution in [0.1, 0.15) is 42.4 Å². The summed E-state index contributed by atoms with van der Waals surface area (Å²) in [6.07, 6.45) is -4.25. The number of aromatic carboxylic acids is 1. The smallest absolute Gasteiger partial charge is 0.417 e. The monoisotopic (exact) mass is 542 g/mol. The molecule has 0 unspecified atom stereocenters. The number of alkyl halides is 3. The van der Waals surface area contributed by atoms with Crippen molar-refractivity contribution in [1.82, 2.24) is 9.55 Å². The minimum atomic E-state index is -4.54. The molecule has 0 atom stereocenters. The number of rotatable bonds is 9. The summed E-state index contributed by atoms with van der Waals surface area (Å²) in [5, 5.41) is 10.4. The lowest BCUT2D eigenvalue weighted by molar-refractivity contribution is -0.142. The molecular formula is C28H25F3N2O6. The molecule has 0 spiro atoms. The van der Waals surface area contributed by atoms with Crippen LogP contribution < -0.4 is 9.47 Å². The fourth-order valence-corrected chi connectivity index (χ4v) is 4.11. The van der Waals surface area contributed by atoms with Gasteiger partial charge in [-0.25, -0.2) is 9.78 Å². The minimum absolute atomic E-state index is 0.0428. The van der Waals surface area contributed by atoms with Crippen molar-refractivity contribution in [3.63, 3.8) is 0 Å². The van der Waals surface area contributed by atoms with E-state index < -0.39 is 23.7 Å². The van der Waals surface area contributed by atoms with Gasteiger partial charge >= 0.3 is 18.1 Å². The van der Waals surface area contributed by atoms with E-state index in [0.717, 1.165) is 12.1 Å². The number of nitrogens with zero attached hydrogens (tertiary/aromatic N) is 2. The van der Waals surface area contributed by atoms with Crippen LogP contribution in [0.5, 0.6) is 17.4 Å². The van der Waals surface area contributed by atoms with Gasteiger partial charge < -0.3 is 23.9 Å². The highest BCUT2D eigenvalue weighted by atomic mass is 19.4. The van der Waals surface area contributed by atoms with Crippen LogP contribution in [0.4, 0.5) is 13.2 Å². The largest absolute Gasteiger partial charge is 0.491 e. The molecule has 11 heteroatoms. The quantitative estimate of drug-likeness (QED) is 0.243. The number of carboxylic acid groups (broad SMARTS) is 1. The van der Waals surface area contributed by atoms with Crippen LogP contribution >= 0.6 is 0 Å². The van der Waals surface area contributed by atoms with Crippen molar-refractivity contribution in [3.8, 4) is 23.1 Å². The Hall–Kier alpha value is -4.54. The van der Waals surface area contributed by atoms with Crippen LogP contribution in [0.3, 0.4) is 0 Å². The molecule has 0 saturated carbocycles. The molecule has 0 bridgehead atoms. The number of aromatic nitrogens is 2. The van der Waals surface area contributed by atoms with Gasteiger partial charge in [-0.05, 0) is 69.3 Å². The van der Waals surface area contributed by atoms with E-state index in [0.29, 0.717) is 23.2 Å². The average Bonchev–Trinajstić information content (AvgIpc) is 3.17. The summed E-state index contributed by atoms with van der Waals surface area (Å²) in [5.74, 6) is -1.21. The Morgan fingerprint density at radius 3 is 2.28 bits per heavy atom. The number of halogens is 3. The van der Waals surface area contributed by atoms with Crippen LogP contribution in [-0.4, -0.2) is 39.3 Å². The number of carbonyl (C=O) groups excluding carboxylic acids is 1. The van der Waals surface area contributed by atoms with E-state index in [1.54, 1.807) is 41.8 Å². The van der Waals surface area contributed by atoms with E-state index in [-0.39, 0.29) is 47.4 Å². The van der Waals surface area contributed by atoms with Gasteiger partial charge in [0.1, 0.15) is 11.5 Å². The number of carboxylic acids is 1. The number of benzene rings is 2. The van der Waals surface area contributed by atoms with Gasteiger partial charge in [0, 0.05) is 29.0 Å². The first-order chi connectivity index (χ1) is 18.5. The number of pyridine rings is 1. The maximum absolute atomic E-state index is 12.9. The predicted molar refractivity (Wildman–Crippen MR) is 136 cm³/mol. The van der Waals surface area contributed by atoms with Gasteiger partial charge in [0.25, 0.3) is 0 Å². The fraction of sp³-hybridized carbons (Fsp3) is 0.250. The SMILES string of the molecule is CCOC(=O)Cc1c(C(=O)O)c2cc(Oc3ccc(C(F)(F)F)cn3)ccc2n1-c1ccc(OC(C)C)cc1. The Labute approximate surface area is 221 Å². The Morgan fingerprint density at radius 2 is 1.72 bits per heavy atom. The molecule has 2 heterocycles. The summed E-state index contributed by atoms with van der Waals surface area (Å²) < 4.78 is 56.6. The van der Waals surface area contributed by atoms with Crippen molar-refractivity contribution in [3.05, 3.63) is 77.6 Å². The lowest BCUT2D eigenvalue weighted by Crippen LogP contribution is -2.14. The van der Waals surface area contributed by atoms with Gasteiger partial charge in [0.05, 0.1) is 35.8 Å². The molecule has 0 aliphatic heterocycles. The van der Waals surface area contributed by atoms with Gasteiger partial charge in [0.2, 0.25) is 5.88 Å². The first-order valence-corrected chi connectivity index (χ1v) is 12.0. The van der Waals surface area contributed by atoms with E-state index in [1.165, 1.54) is 12.1 Å². The second-order valence-corrected chi connectivity index (χ2v) is 8.77. The number of carbonyl (C=O) groups is 2. The van der Waals surface area contributed by atoms with E-state index in [9.17, 15) is 27.9 Å². The van der Waals surface area contributed by atoms with Gasteiger partial charge in [0.15, 0.2) is 0 Å². The topological polar surface area (TPSA) is 99.9 Å². The van der Waals surface area contributed by atoms with Gasteiger partial charge in [-0.1, -0.05) is 0 Å². The summed E-state index contributed by atoms with van der Waals surface area (Å²) in [6, 6.07) is 13.5. The van der Waals surface area contributed by atoms with Crippen LogP contribution in [0.15, 0.2) is 60.8 Å². The molecule has 4 rings (SSSR count). The molecule has 1 N–H and O–H groups in total. The van der Waals surface area contributed by atoms with Crippen molar-refractivity contribution >= 4 is 22.8 Å². The zero-order valence-corrected chi connectivity index (χ0v) is 21.3. The number of fused-ring (bicyclic) bond motifs is 1. The summed E-state index contributed by atoms with van der Waals surface area (Å²) in [7, 11) is 0. The number of hydrogen-bond acceptors (Lipinski definition) is 6. The van der Waals surface area contributed by atoms with E-state index in [2.05, 4.69) is 4.98 Å². The van der Waals surface area contributed by atoms with E-state index in [4.69, 9.17) is 14.2 Å². The molecule has 0 radical (unpaired) electrons. The van der Waals surface area contributed by atoms with Crippen molar-refractivity contribution in [2.75, 3.05) is 6.61 Å². The zero-order valence-electron chi connectivity index (χ0n) is 21.3. The van der Waals surface area contributed by atoms with E-state index >= 15 is 0 Å². The maximum atomic E-state index is 12.9. The number of ether oxygens (including phenoxy) is 3. The average molecular weight is 543 g/mol. The fourth-order valence-electron chi connectivity index (χ4n) is 4.11. The summed E-state index contributed by atoms with van der Waals surface area (Å²) >= 11 is 0. The van der Waals surface area contributed by atoms with Crippen LogP contribution in [0.25, 0.3) is 16.6 Å². The van der Waals surface area contributed by atoms with Crippen molar-refractivity contribution < 1.29 is 42.1 Å². The van der Waals surface area contributed by atoms with Gasteiger partial charge in [-0.2, -0.15) is 13.2 Å². The molecule has 2 aromatic carbocycles. The lowest BCUT2D eigenvalue weighted by atomic mass is 10.1. The molecule has 0 saturated heterocycles. The third-order valence-corrected chi connectivity index (χ3v) is 5.62. The van der Waals surface area contributed by atoms with Crippen molar-refractivity contribution in [1.29, 1.82) is 0 Å². The first kappa shape index (κ1) is 27.5. The second kappa shape index (κ2) is 11.1. The second-order valence-electron chi connectivity index (χ2n) is 8.77. The Balaban J connectivity index is 1.82. The number of esters is 1. The van der Waals surface area contributed by atoms with Gasteiger partial charge in [-0.3, -0.25) is 4.79 Å². The standard InChI is InChI=1S/C28H25F3N2O6/c1-4-37-25(34)14-23-26(27(35)36)21-13-20(39-24-12-5-17(15-32-24)28(29,30)31)10-11-22(21)33(23)18-6-8-19(9-7-18)38-16(2)3/h5-13,15-16H,4,14H2,1-3H3,(H,35,36). The normalized spacial score (nSPS) is 11.6. The van der Waals surface area contributed by atoms with E-state index in [1.807, 2.05) is 13.8 Å². The Morgan fingerprint density at radius 1 is 1.03 bits per heavy atom. The molecule has 2 aromatic heterocycles. The third-order valence-electron chi connectivity index (χ3n) is 5.62. The summed E-state index contributed by atoms with van der Waals surface area (Å²) in [4.78, 5) is 28.6. The summed E-state index contributed by atoms with van der Waals surface area (Å²) in [6.45, 7) is 5.56. The Kier molecular flexibility index (Phi) is 7.80. The minimum Gasteiger partial charge on any atom is -0.491 e. The third kappa shape index (κ3) is 6.14. The molecule has 4 aromatic rings. The highest BCUT2D eigenvalue weighted by molar-refractivity contribution is 6.07. The molecule has 8 nitrogen and oxygen atoms in total. The van der Waals surface area contributed by atoms with Crippen molar-refractivity contribution in [2.45, 2.75) is 39.5 Å². The highest BCUT2D eigenvalue weighted by Crippen LogP contribution is 2.35. The number of hydrogen-bond donors (Lipinski definition) is 1. The zero-order chi connectivity index (χ0) is 28.3. The summed E-state index contributed by atoms with van der Waals surface area (Å²) in [5.41, 5.74) is 0.187. The lowest BCUT2D eigenvalue weighted by Gasteiger charge is -2.14. The Bertz CT molecular complexity index is 1490. The van der Waals surface area contributed by atoms with Crippen LogP contribution in [-0.2, 0) is 22.1 Å². The molecule has 0 aliphatic carbocycles. The highest BCUT2D eigenvalue weighted by Gasteiger charge is 2.31.